The van der Waals surface area contributed by atoms with Gasteiger partial charge in [0.2, 0.25) is 5.91 Å². The first-order valence-electron chi connectivity index (χ1n) is 11.0. The Labute approximate surface area is 198 Å². The highest BCUT2D eigenvalue weighted by molar-refractivity contribution is 6.04. The van der Waals surface area contributed by atoms with Gasteiger partial charge >= 0.3 is 5.97 Å². The van der Waals surface area contributed by atoms with Crippen LogP contribution in [0.25, 0.3) is 10.9 Å². The number of nitrogens with two attached hydrogens (primary N) is 3. The van der Waals surface area contributed by atoms with Crippen molar-refractivity contribution in [1.29, 1.82) is 0 Å². The molecular formula is C25H31N5O4. The fourth-order valence-electron chi connectivity index (χ4n) is 3.26. The van der Waals surface area contributed by atoms with Gasteiger partial charge in [-0.15, -0.1) is 0 Å². The molecule has 34 heavy (non-hydrogen) atoms. The monoisotopic (exact) mass is 465 g/mol. The topological polar surface area (TPSA) is 174 Å². The van der Waals surface area contributed by atoms with Crippen LogP contribution in [0.1, 0.15) is 35.2 Å². The molecule has 0 fully saturated rings. The molecule has 0 radical (unpaired) electrons. The second-order valence-electron chi connectivity index (χ2n) is 7.71. The summed E-state index contributed by atoms with van der Waals surface area (Å²) in [6, 6.07) is 17.0. The van der Waals surface area contributed by atoms with Gasteiger partial charge in [-0.2, -0.15) is 0 Å². The molecule has 0 saturated heterocycles. The molecule has 2 aromatic carbocycles. The molecule has 1 aromatic heterocycles. The number of benzene rings is 2. The Kier molecular flexibility index (Phi) is 10.6. The van der Waals surface area contributed by atoms with E-state index in [1.165, 1.54) is 0 Å². The van der Waals surface area contributed by atoms with Crippen LogP contribution in [-0.2, 0) is 16.0 Å². The molecule has 2 amide bonds. The van der Waals surface area contributed by atoms with Gasteiger partial charge in [-0.25, -0.2) is 4.79 Å². The van der Waals surface area contributed by atoms with Crippen molar-refractivity contribution < 1.29 is 19.5 Å². The summed E-state index contributed by atoms with van der Waals surface area (Å²) in [5, 5.41) is 12.6. The number of nitrogens with zero attached hydrogens (tertiary/aromatic N) is 1. The smallest absolute Gasteiger partial charge is 0.326 e. The van der Waals surface area contributed by atoms with E-state index in [0.29, 0.717) is 43.3 Å². The van der Waals surface area contributed by atoms with E-state index < -0.39 is 29.9 Å². The number of hydrogen-bond donors (Lipinski definition) is 5. The number of aromatic nitrogens is 1. The van der Waals surface area contributed by atoms with Crippen LogP contribution in [0.3, 0.4) is 0 Å². The molecule has 1 heterocycles. The van der Waals surface area contributed by atoms with Crippen LogP contribution in [0.2, 0.25) is 0 Å². The van der Waals surface area contributed by atoms with E-state index in [1.807, 2.05) is 48.5 Å². The number of carbonyl (C=O) groups excluding carboxylic acids is 2. The number of amides is 2. The van der Waals surface area contributed by atoms with Crippen molar-refractivity contribution in [2.24, 2.45) is 17.2 Å². The van der Waals surface area contributed by atoms with Gasteiger partial charge in [0.1, 0.15) is 6.04 Å². The van der Waals surface area contributed by atoms with E-state index >= 15 is 0 Å². The molecule has 0 aliphatic rings. The third-order valence-corrected chi connectivity index (χ3v) is 5.13. The lowest BCUT2D eigenvalue weighted by Crippen LogP contribution is -2.48. The van der Waals surface area contributed by atoms with Crippen molar-refractivity contribution in [2.75, 3.05) is 6.54 Å². The zero-order chi connectivity index (χ0) is 24.9. The van der Waals surface area contributed by atoms with Gasteiger partial charge in [0.05, 0.1) is 17.1 Å². The molecule has 0 aliphatic heterocycles. The molecule has 3 aromatic rings. The second kappa shape index (κ2) is 13.7. The van der Waals surface area contributed by atoms with E-state index in [-0.39, 0.29) is 0 Å². The minimum absolute atomic E-state index is 0.328. The SMILES string of the molecule is NC(=O)c1cccc2cccnc12.NCCC[C@@H](N)C(=O)N[C@H](CCc1ccccc1)C(=O)O. The number of pyridine rings is 1. The maximum Gasteiger partial charge on any atom is 0.326 e. The standard InChI is InChI=1S/C15H23N3O3.C10H8N2O/c16-10-4-7-12(17)14(19)18-13(15(20)21)9-8-11-5-2-1-3-6-11;11-10(13)8-5-1-3-7-4-2-6-12-9(7)8/h1-3,5-6,12-13H,4,7-10,16-17H2,(H,18,19)(H,20,21);1-6H,(H2,11,13)/t12-,13-;/m1./s1. The van der Waals surface area contributed by atoms with Crippen LogP contribution in [0.5, 0.6) is 0 Å². The lowest BCUT2D eigenvalue weighted by Gasteiger charge is -2.17. The predicted octanol–water partition coefficient (Wildman–Crippen LogP) is 1.59. The summed E-state index contributed by atoms with van der Waals surface area (Å²) in [6.45, 7) is 0.456. The number of carboxylic acid groups (broad SMARTS) is 1. The Bertz CT molecular complexity index is 1090. The normalized spacial score (nSPS) is 12.2. The van der Waals surface area contributed by atoms with Gasteiger partial charge in [-0.3, -0.25) is 14.6 Å². The first-order chi connectivity index (χ1) is 16.3. The summed E-state index contributed by atoms with van der Waals surface area (Å²) in [5.74, 6) is -1.93. The summed E-state index contributed by atoms with van der Waals surface area (Å²) in [4.78, 5) is 38.2. The number of aliphatic carboxylic acids is 1. The van der Waals surface area contributed by atoms with Crippen LogP contribution in [-0.4, -0.2) is 46.5 Å². The minimum Gasteiger partial charge on any atom is -0.480 e. The molecule has 0 bridgehead atoms. The molecule has 180 valence electrons. The van der Waals surface area contributed by atoms with E-state index in [1.54, 1.807) is 18.3 Å². The summed E-state index contributed by atoms with van der Waals surface area (Å²) in [7, 11) is 0. The number of nitrogens with one attached hydrogen (secondary N) is 1. The Morgan fingerprint density at radius 2 is 1.68 bits per heavy atom. The lowest BCUT2D eigenvalue weighted by atomic mass is 10.0. The molecular weight excluding hydrogens is 434 g/mol. The number of carbonyl (C=O) groups is 3. The lowest BCUT2D eigenvalue weighted by molar-refractivity contribution is -0.142. The highest BCUT2D eigenvalue weighted by Gasteiger charge is 2.22. The predicted molar refractivity (Wildman–Crippen MR) is 131 cm³/mol. The van der Waals surface area contributed by atoms with Crippen molar-refractivity contribution in [3.05, 3.63) is 78.0 Å². The number of rotatable bonds is 10. The van der Waals surface area contributed by atoms with Crippen molar-refractivity contribution >= 4 is 28.7 Å². The molecule has 0 aliphatic carbocycles. The maximum absolute atomic E-state index is 11.8. The highest BCUT2D eigenvalue weighted by Crippen LogP contribution is 2.14. The fraction of sp³-hybridized carbons (Fsp3) is 0.280. The number of hydrogen-bond acceptors (Lipinski definition) is 6. The molecule has 3 rings (SSSR count). The molecule has 9 heteroatoms. The van der Waals surface area contributed by atoms with E-state index in [0.717, 1.165) is 10.9 Å². The first kappa shape index (κ1) is 26.4. The molecule has 0 spiro atoms. The third-order valence-electron chi connectivity index (χ3n) is 5.13. The Hall–Kier alpha value is -3.82. The quantitative estimate of drug-likeness (QED) is 0.302. The van der Waals surface area contributed by atoms with Gasteiger partial charge in [-0.1, -0.05) is 48.5 Å². The Morgan fingerprint density at radius 1 is 0.971 bits per heavy atom. The van der Waals surface area contributed by atoms with Crippen LogP contribution < -0.4 is 22.5 Å². The summed E-state index contributed by atoms with van der Waals surface area (Å²) in [5.41, 5.74) is 18.4. The van der Waals surface area contributed by atoms with Gasteiger partial charge < -0.3 is 27.6 Å². The molecule has 8 N–H and O–H groups in total. The number of primary amides is 1. The van der Waals surface area contributed by atoms with Crippen LogP contribution in [0.4, 0.5) is 0 Å². The minimum atomic E-state index is -1.05. The number of fused-ring (bicyclic) bond motifs is 1. The van der Waals surface area contributed by atoms with E-state index in [2.05, 4.69) is 10.3 Å². The summed E-state index contributed by atoms with van der Waals surface area (Å²) < 4.78 is 0. The van der Waals surface area contributed by atoms with Crippen LogP contribution in [0.15, 0.2) is 66.9 Å². The van der Waals surface area contributed by atoms with Gasteiger partial charge in [0.25, 0.3) is 5.91 Å². The molecule has 0 saturated carbocycles. The third kappa shape index (κ3) is 8.27. The molecule has 9 nitrogen and oxygen atoms in total. The number of carboxylic acids is 1. The highest BCUT2D eigenvalue weighted by atomic mass is 16.4. The van der Waals surface area contributed by atoms with Crippen molar-refractivity contribution in [1.82, 2.24) is 10.3 Å². The number of aryl methyl sites for hydroxylation is 1. The van der Waals surface area contributed by atoms with Crippen molar-refractivity contribution in [3.63, 3.8) is 0 Å². The molecule has 2 atom stereocenters. The second-order valence-corrected chi connectivity index (χ2v) is 7.71. The fourth-order valence-corrected chi connectivity index (χ4v) is 3.26. The average Bonchev–Trinajstić information content (AvgIpc) is 2.85. The van der Waals surface area contributed by atoms with E-state index in [9.17, 15) is 19.5 Å². The van der Waals surface area contributed by atoms with Gasteiger partial charge in [0, 0.05) is 11.6 Å². The Morgan fingerprint density at radius 3 is 2.32 bits per heavy atom. The Balaban J connectivity index is 0.000000266. The maximum atomic E-state index is 11.8. The first-order valence-corrected chi connectivity index (χ1v) is 11.0. The van der Waals surface area contributed by atoms with Crippen molar-refractivity contribution in [2.45, 2.75) is 37.8 Å². The number of para-hydroxylation sites is 1. The molecule has 0 unspecified atom stereocenters. The van der Waals surface area contributed by atoms with E-state index in [4.69, 9.17) is 17.2 Å². The summed E-state index contributed by atoms with van der Waals surface area (Å²) in [6.07, 6.45) is 3.64. The summed E-state index contributed by atoms with van der Waals surface area (Å²) >= 11 is 0. The van der Waals surface area contributed by atoms with Crippen LogP contribution in [0, 0.1) is 0 Å². The average molecular weight is 466 g/mol. The van der Waals surface area contributed by atoms with Crippen LogP contribution >= 0.6 is 0 Å². The largest absolute Gasteiger partial charge is 0.480 e. The van der Waals surface area contributed by atoms with Crippen molar-refractivity contribution in [3.8, 4) is 0 Å². The van der Waals surface area contributed by atoms with Gasteiger partial charge in [0.15, 0.2) is 0 Å². The zero-order valence-corrected chi connectivity index (χ0v) is 18.9. The van der Waals surface area contributed by atoms with Gasteiger partial charge in [-0.05, 0) is 49.9 Å². The zero-order valence-electron chi connectivity index (χ0n) is 18.9.